The molecule has 6 heteroatoms. The number of ether oxygens (including phenoxy) is 3. The molecular formula is C67H130O6. The average molecular weight is 1030 g/mol. The summed E-state index contributed by atoms with van der Waals surface area (Å²) in [7, 11) is 0. The van der Waals surface area contributed by atoms with Crippen LogP contribution in [0.4, 0.5) is 0 Å². The summed E-state index contributed by atoms with van der Waals surface area (Å²) >= 11 is 0. The second-order valence-electron chi connectivity index (χ2n) is 23.1. The molecule has 0 spiro atoms. The maximum Gasteiger partial charge on any atom is 0.306 e. The fourth-order valence-corrected chi connectivity index (χ4v) is 10.6. The fourth-order valence-electron chi connectivity index (χ4n) is 10.6. The first-order valence-corrected chi connectivity index (χ1v) is 33.5. The highest BCUT2D eigenvalue weighted by atomic mass is 16.6. The van der Waals surface area contributed by atoms with Gasteiger partial charge in [-0.05, 0) is 19.3 Å². The van der Waals surface area contributed by atoms with E-state index in [0.717, 1.165) is 57.8 Å². The zero-order chi connectivity index (χ0) is 52.9. The van der Waals surface area contributed by atoms with Crippen LogP contribution in [0.5, 0.6) is 0 Å². The zero-order valence-corrected chi connectivity index (χ0v) is 50.0. The van der Waals surface area contributed by atoms with Crippen LogP contribution in [-0.4, -0.2) is 37.2 Å². The van der Waals surface area contributed by atoms with Crippen molar-refractivity contribution in [2.75, 3.05) is 13.2 Å². The molecule has 0 N–H and O–H groups in total. The molecule has 0 heterocycles. The SMILES string of the molecule is CCCCCCCCCCCCCCCCCCCCCCCCCCCCCCCCC(=O)OCC(COC(=O)CCCCCCCCC)OC(=O)CCCCCCCCCCCCCCCCCCCC. The highest BCUT2D eigenvalue weighted by Gasteiger charge is 2.19. The maximum absolute atomic E-state index is 12.8. The van der Waals surface area contributed by atoms with Gasteiger partial charge in [0.1, 0.15) is 13.2 Å². The largest absolute Gasteiger partial charge is 0.462 e. The van der Waals surface area contributed by atoms with Gasteiger partial charge in [-0.3, -0.25) is 14.4 Å². The fraction of sp³-hybridized carbons (Fsp3) is 0.955. The van der Waals surface area contributed by atoms with Gasteiger partial charge >= 0.3 is 17.9 Å². The van der Waals surface area contributed by atoms with Crippen molar-refractivity contribution >= 4 is 17.9 Å². The van der Waals surface area contributed by atoms with Crippen molar-refractivity contribution in [3.05, 3.63) is 0 Å². The minimum atomic E-state index is -0.761. The molecular weight excluding hydrogens is 901 g/mol. The summed E-state index contributed by atoms with van der Waals surface area (Å²) in [5.74, 6) is -0.837. The normalized spacial score (nSPS) is 11.9. The summed E-state index contributed by atoms with van der Waals surface area (Å²) in [5, 5.41) is 0. The van der Waals surface area contributed by atoms with Crippen LogP contribution >= 0.6 is 0 Å². The highest BCUT2D eigenvalue weighted by Crippen LogP contribution is 2.19. The van der Waals surface area contributed by atoms with Crippen LogP contribution in [0.1, 0.15) is 393 Å². The lowest BCUT2D eigenvalue weighted by Crippen LogP contribution is -2.30. The van der Waals surface area contributed by atoms with E-state index in [9.17, 15) is 14.4 Å². The molecule has 0 aromatic rings. The summed E-state index contributed by atoms with van der Waals surface area (Å²) < 4.78 is 16.9. The monoisotopic (exact) mass is 1030 g/mol. The number of hydrogen-bond donors (Lipinski definition) is 0. The second-order valence-corrected chi connectivity index (χ2v) is 23.1. The Bertz CT molecular complexity index is 1090. The van der Waals surface area contributed by atoms with Gasteiger partial charge in [-0.25, -0.2) is 0 Å². The van der Waals surface area contributed by atoms with E-state index in [2.05, 4.69) is 20.8 Å². The third kappa shape index (κ3) is 61.1. The van der Waals surface area contributed by atoms with E-state index in [4.69, 9.17) is 14.2 Å². The van der Waals surface area contributed by atoms with Crippen LogP contribution in [0.15, 0.2) is 0 Å². The molecule has 0 aliphatic heterocycles. The average Bonchev–Trinajstić information content (AvgIpc) is 3.39. The van der Waals surface area contributed by atoms with Gasteiger partial charge in [-0.1, -0.05) is 355 Å². The number of hydrogen-bond acceptors (Lipinski definition) is 6. The van der Waals surface area contributed by atoms with E-state index in [1.54, 1.807) is 0 Å². The Labute approximate surface area is 457 Å². The van der Waals surface area contributed by atoms with E-state index in [1.807, 2.05) is 0 Å². The lowest BCUT2D eigenvalue weighted by atomic mass is 10.0. The van der Waals surface area contributed by atoms with Crippen molar-refractivity contribution < 1.29 is 28.6 Å². The summed E-state index contributed by atoms with van der Waals surface area (Å²) in [6, 6.07) is 0. The lowest BCUT2D eigenvalue weighted by Gasteiger charge is -2.18. The molecule has 0 saturated carbocycles. The van der Waals surface area contributed by atoms with Crippen molar-refractivity contribution in [3.8, 4) is 0 Å². The Morgan fingerprint density at radius 1 is 0.219 bits per heavy atom. The van der Waals surface area contributed by atoms with Gasteiger partial charge in [0, 0.05) is 19.3 Å². The molecule has 0 radical (unpaired) electrons. The first kappa shape index (κ1) is 71.4. The van der Waals surface area contributed by atoms with Crippen LogP contribution in [0, 0.1) is 0 Å². The minimum absolute atomic E-state index is 0.0615. The van der Waals surface area contributed by atoms with E-state index < -0.39 is 6.10 Å². The van der Waals surface area contributed by atoms with Crippen LogP contribution in [0.3, 0.4) is 0 Å². The summed E-state index contributed by atoms with van der Waals surface area (Å²) in [4.78, 5) is 38.1. The number of carbonyl (C=O) groups excluding carboxylic acids is 3. The molecule has 1 atom stereocenters. The molecule has 0 fully saturated rings. The number of rotatable bonds is 63. The number of unbranched alkanes of at least 4 members (excludes halogenated alkanes) is 52. The Kier molecular flexibility index (Phi) is 61.6. The third-order valence-corrected chi connectivity index (χ3v) is 15.6. The minimum Gasteiger partial charge on any atom is -0.462 e. The van der Waals surface area contributed by atoms with E-state index in [-0.39, 0.29) is 31.1 Å². The van der Waals surface area contributed by atoms with Crippen LogP contribution in [0.2, 0.25) is 0 Å². The molecule has 0 saturated heterocycles. The van der Waals surface area contributed by atoms with Gasteiger partial charge in [0.15, 0.2) is 6.10 Å². The van der Waals surface area contributed by atoms with Gasteiger partial charge in [0.05, 0.1) is 0 Å². The van der Waals surface area contributed by atoms with Gasteiger partial charge in [0.25, 0.3) is 0 Å². The first-order valence-electron chi connectivity index (χ1n) is 33.5. The molecule has 73 heavy (non-hydrogen) atoms. The molecule has 434 valence electrons. The topological polar surface area (TPSA) is 78.9 Å². The van der Waals surface area contributed by atoms with E-state index >= 15 is 0 Å². The molecule has 0 aromatic carbocycles. The van der Waals surface area contributed by atoms with Gasteiger partial charge in [-0.15, -0.1) is 0 Å². The third-order valence-electron chi connectivity index (χ3n) is 15.6. The molecule has 0 aliphatic rings. The smallest absolute Gasteiger partial charge is 0.306 e. The van der Waals surface area contributed by atoms with Crippen LogP contribution in [-0.2, 0) is 28.6 Å². The molecule has 1 unspecified atom stereocenters. The predicted molar refractivity (Wildman–Crippen MR) is 317 cm³/mol. The Morgan fingerprint density at radius 3 is 0.548 bits per heavy atom. The van der Waals surface area contributed by atoms with E-state index in [1.165, 1.54) is 295 Å². The number of esters is 3. The van der Waals surface area contributed by atoms with Crippen molar-refractivity contribution in [3.63, 3.8) is 0 Å². The van der Waals surface area contributed by atoms with Crippen molar-refractivity contribution in [1.82, 2.24) is 0 Å². The van der Waals surface area contributed by atoms with Gasteiger partial charge in [-0.2, -0.15) is 0 Å². The molecule has 0 aromatic heterocycles. The highest BCUT2D eigenvalue weighted by molar-refractivity contribution is 5.71. The van der Waals surface area contributed by atoms with Crippen LogP contribution < -0.4 is 0 Å². The predicted octanol–water partition coefficient (Wildman–Crippen LogP) is 22.7. The Hall–Kier alpha value is -1.59. The van der Waals surface area contributed by atoms with Crippen molar-refractivity contribution in [2.45, 2.75) is 399 Å². The molecule has 0 rings (SSSR count). The van der Waals surface area contributed by atoms with Gasteiger partial charge in [0.2, 0.25) is 0 Å². The van der Waals surface area contributed by atoms with Crippen molar-refractivity contribution in [2.24, 2.45) is 0 Å². The lowest BCUT2D eigenvalue weighted by molar-refractivity contribution is -0.167. The molecule has 0 amide bonds. The summed E-state index contributed by atoms with van der Waals surface area (Å²) in [6.07, 6.45) is 73.1. The van der Waals surface area contributed by atoms with Crippen LogP contribution in [0.25, 0.3) is 0 Å². The first-order chi connectivity index (χ1) is 36.0. The molecule has 6 nitrogen and oxygen atoms in total. The Balaban J connectivity index is 3.96. The molecule has 0 aliphatic carbocycles. The maximum atomic E-state index is 12.8. The standard InChI is InChI=1S/C67H130O6/c1-4-7-10-13-16-18-20-22-24-26-28-29-30-31-32-33-34-35-36-37-38-39-41-42-44-46-48-51-54-57-60-66(69)72-63-64(62-71-65(68)59-56-53-50-15-12-9-6-3)73-67(70)61-58-55-52-49-47-45-43-40-27-25-23-21-19-17-14-11-8-5-2/h64H,4-63H2,1-3H3. The summed E-state index contributed by atoms with van der Waals surface area (Å²) in [5.41, 5.74) is 0. The quantitative estimate of drug-likeness (QED) is 0.0343. The van der Waals surface area contributed by atoms with Crippen molar-refractivity contribution in [1.29, 1.82) is 0 Å². The Morgan fingerprint density at radius 2 is 0.370 bits per heavy atom. The number of carbonyl (C=O) groups is 3. The zero-order valence-electron chi connectivity index (χ0n) is 50.0. The van der Waals surface area contributed by atoms with Gasteiger partial charge < -0.3 is 14.2 Å². The second kappa shape index (κ2) is 62.9. The summed E-state index contributed by atoms with van der Waals surface area (Å²) in [6.45, 7) is 6.68. The van der Waals surface area contributed by atoms with E-state index in [0.29, 0.717) is 19.3 Å². The molecule has 0 bridgehead atoms.